The maximum atomic E-state index is 12.2. The lowest BCUT2D eigenvalue weighted by Gasteiger charge is -2.33. The van der Waals surface area contributed by atoms with Crippen molar-refractivity contribution in [3.63, 3.8) is 0 Å². The van der Waals surface area contributed by atoms with E-state index in [9.17, 15) is 9.59 Å². The fraction of sp³-hybridized carbons (Fsp3) is 0.889. The second-order valence-corrected chi connectivity index (χ2v) is 7.92. The summed E-state index contributed by atoms with van der Waals surface area (Å²) >= 11 is 0. The molecule has 25 heavy (non-hydrogen) atoms. The molecule has 3 N–H and O–H groups in total. The van der Waals surface area contributed by atoms with Gasteiger partial charge < -0.3 is 16.0 Å². The van der Waals surface area contributed by atoms with Gasteiger partial charge in [0.25, 0.3) is 0 Å². The molecule has 0 aromatic heterocycles. The predicted molar refractivity (Wildman–Crippen MR) is 103 cm³/mol. The van der Waals surface area contributed by atoms with Crippen molar-refractivity contribution in [2.24, 2.45) is 5.92 Å². The molecular formula is C18H35ClN4O2. The van der Waals surface area contributed by atoms with E-state index in [2.05, 4.69) is 41.6 Å². The third-order valence-electron chi connectivity index (χ3n) is 5.27. The third kappa shape index (κ3) is 7.50. The van der Waals surface area contributed by atoms with Gasteiger partial charge >= 0.3 is 0 Å². The predicted octanol–water partition coefficient (Wildman–Crippen LogP) is 1.29. The molecule has 2 heterocycles. The van der Waals surface area contributed by atoms with E-state index in [0.717, 1.165) is 58.3 Å². The maximum Gasteiger partial charge on any atom is 0.237 e. The lowest BCUT2D eigenvalue weighted by molar-refractivity contribution is -0.125. The standard InChI is InChI=1S/C18H34N4O2.ClH/c1-4-18(2,3)21-16(23)13-22-10-6-7-14(12-22)11-20-17(24)15-8-5-9-19-15;/h14-15,19H,4-13H2,1-3H3,(H,20,24)(H,21,23);1H. The van der Waals surface area contributed by atoms with E-state index in [1.807, 2.05) is 0 Å². The molecule has 0 saturated carbocycles. The van der Waals surface area contributed by atoms with Crippen LogP contribution in [0.25, 0.3) is 0 Å². The van der Waals surface area contributed by atoms with Crippen LogP contribution in [-0.4, -0.2) is 61.0 Å². The molecule has 0 aliphatic carbocycles. The van der Waals surface area contributed by atoms with E-state index in [-0.39, 0.29) is 35.8 Å². The number of piperidine rings is 1. The Kier molecular flexibility index (Phi) is 9.17. The van der Waals surface area contributed by atoms with Crippen molar-refractivity contribution in [3.05, 3.63) is 0 Å². The number of likely N-dealkylation sites (tertiary alicyclic amines) is 1. The van der Waals surface area contributed by atoms with Gasteiger partial charge in [0.2, 0.25) is 11.8 Å². The van der Waals surface area contributed by atoms with E-state index < -0.39 is 0 Å². The van der Waals surface area contributed by atoms with Crippen LogP contribution in [0, 0.1) is 5.92 Å². The first-order valence-corrected chi connectivity index (χ1v) is 9.44. The van der Waals surface area contributed by atoms with Gasteiger partial charge in [0.15, 0.2) is 0 Å². The van der Waals surface area contributed by atoms with E-state index in [4.69, 9.17) is 0 Å². The lowest BCUT2D eigenvalue weighted by Crippen LogP contribution is -2.50. The Balaban J connectivity index is 0.00000312. The molecule has 2 saturated heterocycles. The van der Waals surface area contributed by atoms with Crippen LogP contribution in [0.5, 0.6) is 0 Å². The topological polar surface area (TPSA) is 73.5 Å². The normalized spacial score (nSPS) is 24.4. The Hall–Kier alpha value is -0.850. The third-order valence-corrected chi connectivity index (χ3v) is 5.27. The highest BCUT2D eigenvalue weighted by Gasteiger charge is 2.26. The molecule has 0 radical (unpaired) electrons. The number of hydrogen-bond acceptors (Lipinski definition) is 4. The number of carbonyl (C=O) groups excluding carboxylic acids is 2. The van der Waals surface area contributed by atoms with Gasteiger partial charge in [-0.25, -0.2) is 0 Å². The molecule has 2 fully saturated rings. The van der Waals surface area contributed by atoms with Crippen molar-refractivity contribution < 1.29 is 9.59 Å². The fourth-order valence-electron chi connectivity index (χ4n) is 3.45. The zero-order chi connectivity index (χ0) is 17.6. The van der Waals surface area contributed by atoms with Crippen LogP contribution in [0.4, 0.5) is 0 Å². The second-order valence-electron chi connectivity index (χ2n) is 7.92. The summed E-state index contributed by atoms with van der Waals surface area (Å²) in [5.41, 5.74) is -0.144. The van der Waals surface area contributed by atoms with Gasteiger partial charge in [-0.3, -0.25) is 14.5 Å². The molecule has 146 valence electrons. The number of rotatable bonds is 7. The van der Waals surface area contributed by atoms with Crippen molar-refractivity contribution in [2.45, 2.75) is 64.5 Å². The summed E-state index contributed by atoms with van der Waals surface area (Å²) in [5.74, 6) is 0.671. The van der Waals surface area contributed by atoms with Gasteiger partial charge in [-0.2, -0.15) is 0 Å². The largest absolute Gasteiger partial charge is 0.354 e. The number of nitrogens with zero attached hydrogens (tertiary/aromatic N) is 1. The van der Waals surface area contributed by atoms with E-state index in [1.165, 1.54) is 0 Å². The first-order valence-electron chi connectivity index (χ1n) is 9.44. The molecule has 2 aliphatic rings. The highest BCUT2D eigenvalue weighted by Crippen LogP contribution is 2.16. The highest BCUT2D eigenvalue weighted by atomic mass is 35.5. The number of hydrogen-bond donors (Lipinski definition) is 3. The summed E-state index contributed by atoms with van der Waals surface area (Å²) in [4.78, 5) is 26.5. The highest BCUT2D eigenvalue weighted by molar-refractivity contribution is 5.85. The average molecular weight is 375 g/mol. The van der Waals surface area contributed by atoms with E-state index in [1.54, 1.807) is 0 Å². The minimum Gasteiger partial charge on any atom is -0.354 e. The monoisotopic (exact) mass is 374 g/mol. The van der Waals surface area contributed by atoms with Gasteiger partial charge in [-0.1, -0.05) is 6.92 Å². The molecule has 2 aliphatic heterocycles. The Labute approximate surface area is 158 Å². The maximum absolute atomic E-state index is 12.2. The minimum atomic E-state index is -0.144. The smallest absolute Gasteiger partial charge is 0.237 e. The fourth-order valence-corrected chi connectivity index (χ4v) is 3.45. The van der Waals surface area contributed by atoms with Crippen LogP contribution in [0.3, 0.4) is 0 Å². The van der Waals surface area contributed by atoms with Gasteiger partial charge in [0.1, 0.15) is 0 Å². The van der Waals surface area contributed by atoms with Crippen LogP contribution >= 0.6 is 12.4 Å². The molecule has 0 aromatic rings. The summed E-state index contributed by atoms with van der Waals surface area (Å²) in [5, 5.41) is 9.41. The van der Waals surface area contributed by atoms with Crippen molar-refractivity contribution >= 4 is 24.2 Å². The van der Waals surface area contributed by atoms with Crippen LogP contribution < -0.4 is 16.0 Å². The molecular weight excluding hydrogens is 340 g/mol. The zero-order valence-corrected chi connectivity index (χ0v) is 16.7. The van der Waals surface area contributed by atoms with Crippen LogP contribution in [0.15, 0.2) is 0 Å². The van der Waals surface area contributed by atoms with Crippen LogP contribution in [0.1, 0.15) is 52.9 Å². The summed E-state index contributed by atoms with van der Waals surface area (Å²) in [6.07, 6.45) is 5.15. The molecule has 2 unspecified atom stereocenters. The van der Waals surface area contributed by atoms with Crippen LogP contribution in [-0.2, 0) is 9.59 Å². The molecule has 6 nitrogen and oxygen atoms in total. The first-order chi connectivity index (χ1) is 11.4. The second kappa shape index (κ2) is 10.3. The number of amides is 2. The molecule has 0 bridgehead atoms. The molecule has 0 aromatic carbocycles. The zero-order valence-electron chi connectivity index (χ0n) is 15.9. The Bertz CT molecular complexity index is 439. The van der Waals surface area contributed by atoms with E-state index in [0.29, 0.717) is 12.5 Å². The number of halogens is 1. The molecule has 2 atom stereocenters. The van der Waals surface area contributed by atoms with Gasteiger partial charge in [0.05, 0.1) is 12.6 Å². The molecule has 0 spiro atoms. The van der Waals surface area contributed by atoms with Gasteiger partial charge in [0, 0.05) is 18.6 Å². The summed E-state index contributed by atoms with van der Waals surface area (Å²) in [7, 11) is 0. The SMILES string of the molecule is CCC(C)(C)NC(=O)CN1CCCC(CNC(=O)C2CCCN2)C1.Cl. The van der Waals surface area contributed by atoms with Crippen LogP contribution in [0.2, 0.25) is 0 Å². The van der Waals surface area contributed by atoms with Crippen molar-refractivity contribution in [3.8, 4) is 0 Å². The van der Waals surface area contributed by atoms with Crippen molar-refractivity contribution in [1.82, 2.24) is 20.9 Å². The Morgan fingerprint density at radius 1 is 1.24 bits per heavy atom. The summed E-state index contributed by atoms with van der Waals surface area (Å²) < 4.78 is 0. The van der Waals surface area contributed by atoms with Crippen molar-refractivity contribution in [2.75, 3.05) is 32.7 Å². The van der Waals surface area contributed by atoms with Crippen molar-refractivity contribution in [1.29, 1.82) is 0 Å². The van der Waals surface area contributed by atoms with Gasteiger partial charge in [-0.05, 0) is 65.0 Å². The quantitative estimate of drug-likeness (QED) is 0.628. The molecule has 7 heteroatoms. The Morgan fingerprint density at radius 3 is 2.64 bits per heavy atom. The summed E-state index contributed by atoms with van der Waals surface area (Å²) in [6.45, 7) is 10.2. The number of carbonyl (C=O) groups is 2. The minimum absolute atomic E-state index is 0. The Morgan fingerprint density at radius 2 is 2.00 bits per heavy atom. The molecule has 2 amide bonds. The van der Waals surface area contributed by atoms with E-state index >= 15 is 0 Å². The van der Waals surface area contributed by atoms with Gasteiger partial charge in [-0.15, -0.1) is 12.4 Å². The first kappa shape index (κ1) is 22.2. The summed E-state index contributed by atoms with van der Waals surface area (Å²) in [6, 6.07) is -0.00764. The molecule has 2 rings (SSSR count). The number of nitrogens with one attached hydrogen (secondary N) is 3. The lowest BCUT2D eigenvalue weighted by atomic mass is 9.97. The average Bonchev–Trinajstić information content (AvgIpc) is 3.07.